The molecule has 0 aliphatic carbocycles. The Bertz CT molecular complexity index is 254. The molecule has 1 rings (SSSR count). The van der Waals surface area contributed by atoms with Gasteiger partial charge in [0.25, 0.3) is 0 Å². The van der Waals surface area contributed by atoms with Gasteiger partial charge in [0.05, 0.1) is 12.2 Å². The molecule has 1 saturated heterocycles. The molecule has 2 atom stereocenters. The van der Waals surface area contributed by atoms with Gasteiger partial charge in [0.1, 0.15) is 0 Å². The number of unbranched alkanes of at least 4 members (excludes halogenated alkanes) is 6. The first kappa shape index (κ1) is 16.5. The normalized spacial score (nSPS) is 22.6. The molecule has 0 amide bonds. The Morgan fingerprint density at radius 3 is 2.05 bits per heavy atom. The molecule has 1 fully saturated rings. The highest BCUT2D eigenvalue weighted by atomic mass is 16.6. The SMILES string of the molecule is CC/C=C\C[C@@H]1O[C@H]1C/C=C\CCCCCCCC. The zero-order valence-corrected chi connectivity index (χ0v) is 12.9. The van der Waals surface area contributed by atoms with E-state index in [0.29, 0.717) is 12.2 Å². The molecule has 19 heavy (non-hydrogen) atoms. The molecule has 0 aromatic rings. The van der Waals surface area contributed by atoms with Crippen molar-refractivity contribution in [1.82, 2.24) is 0 Å². The Morgan fingerprint density at radius 1 is 0.737 bits per heavy atom. The van der Waals surface area contributed by atoms with Crippen LogP contribution >= 0.6 is 0 Å². The van der Waals surface area contributed by atoms with E-state index in [2.05, 4.69) is 38.2 Å². The van der Waals surface area contributed by atoms with Gasteiger partial charge in [0.15, 0.2) is 0 Å². The monoisotopic (exact) mass is 264 g/mol. The third kappa shape index (κ3) is 9.04. The van der Waals surface area contributed by atoms with Crippen LogP contribution < -0.4 is 0 Å². The van der Waals surface area contributed by atoms with Gasteiger partial charge >= 0.3 is 0 Å². The number of hydrogen-bond acceptors (Lipinski definition) is 1. The zero-order valence-electron chi connectivity index (χ0n) is 12.9. The Hall–Kier alpha value is -0.560. The van der Waals surface area contributed by atoms with Crippen molar-refractivity contribution in [3.8, 4) is 0 Å². The average Bonchev–Trinajstić information content (AvgIpc) is 3.16. The number of ether oxygens (including phenoxy) is 1. The fourth-order valence-electron chi connectivity index (χ4n) is 2.38. The minimum Gasteiger partial charge on any atom is -0.369 e. The third-order valence-electron chi connectivity index (χ3n) is 3.72. The second-order valence-corrected chi connectivity index (χ2v) is 5.59. The predicted octanol–water partition coefficient (Wildman–Crippen LogP) is 5.81. The number of rotatable bonds is 12. The molecule has 0 bridgehead atoms. The van der Waals surface area contributed by atoms with Crippen molar-refractivity contribution < 1.29 is 4.74 Å². The van der Waals surface area contributed by atoms with Crippen molar-refractivity contribution in [1.29, 1.82) is 0 Å². The van der Waals surface area contributed by atoms with Crippen LogP contribution in [0.2, 0.25) is 0 Å². The van der Waals surface area contributed by atoms with Crippen molar-refractivity contribution in [3.05, 3.63) is 24.3 Å². The first-order valence-electron chi connectivity index (χ1n) is 8.34. The number of epoxide rings is 1. The van der Waals surface area contributed by atoms with Crippen LogP contribution in [0, 0.1) is 0 Å². The maximum Gasteiger partial charge on any atom is 0.0879 e. The average molecular weight is 264 g/mol. The van der Waals surface area contributed by atoms with E-state index in [9.17, 15) is 0 Å². The van der Waals surface area contributed by atoms with Crippen LogP contribution in [0.25, 0.3) is 0 Å². The van der Waals surface area contributed by atoms with Crippen molar-refractivity contribution >= 4 is 0 Å². The highest BCUT2D eigenvalue weighted by Crippen LogP contribution is 2.29. The fourth-order valence-corrected chi connectivity index (χ4v) is 2.38. The first-order chi connectivity index (χ1) is 9.38. The van der Waals surface area contributed by atoms with Crippen LogP contribution in [0.15, 0.2) is 24.3 Å². The minimum atomic E-state index is 0.501. The number of hydrogen-bond donors (Lipinski definition) is 0. The zero-order chi connectivity index (χ0) is 13.8. The Labute approximate surface area is 120 Å². The van der Waals surface area contributed by atoms with Crippen LogP contribution in [0.1, 0.15) is 78.1 Å². The van der Waals surface area contributed by atoms with Crippen molar-refractivity contribution in [3.63, 3.8) is 0 Å². The molecule has 1 heteroatoms. The topological polar surface area (TPSA) is 12.5 Å². The summed E-state index contributed by atoms with van der Waals surface area (Å²) in [7, 11) is 0. The lowest BCUT2D eigenvalue weighted by Crippen LogP contribution is -1.90. The van der Waals surface area contributed by atoms with Crippen LogP contribution in [0.3, 0.4) is 0 Å². The maximum atomic E-state index is 5.63. The second kappa shape index (κ2) is 11.3. The molecular weight excluding hydrogens is 232 g/mol. The van der Waals surface area contributed by atoms with Gasteiger partial charge in [0.2, 0.25) is 0 Å². The Balaban J connectivity index is 1.85. The molecule has 0 aromatic carbocycles. The van der Waals surface area contributed by atoms with Crippen molar-refractivity contribution in [2.45, 2.75) is 90.3 Å². The van der Waals surface area contributed by atoms with E-state index in [1.165, 1.54) is 44.9 Å². The summed E-state index contributed by atoms with van der Waals surface area (Å²) in [6, 6.07) is 0. The summed E-state index contributed by atoms with van der Waals surface area (Å²) < 4.78 is 5.63. The summed E-state index contributed by atoms with van der Waals surface area (Å²) in [6.07, 6.45) is 23.1. The van der Waals surface area contributed by atoms with Gasteiger partial charge in [-0.2, -0.15) is 0 Å². The van der Waals surface area contributed by atoms with E-state index in [1.807, 2.05) is 0 Å². The van der Waals surface area contributed by atoms with Crippen molar-refractivity contribution in [2.75, 3.05) is 0 Å². The quantitative estimate of drug-likeness (QED) is 0.246. The summed E-state index contributed by atoms with van der Waals surface area (Å²) in [5, 5.41) is 0. The van der Waals surface area contributed by atoms with Gasteiger partial charge in [-0.25, -0.2) is 0 Å². The molecule has 0 spiro atoms. The lowest BCUT2D eigenvalue weighted by atomic mass is 10.1. The van der Waals surface area contributed by atoms with E-state index in [-0.39, 0.29) is 0 Å². The second-order valence-electron chi connectivity index (χ2n) is 5.59. The lowest BCUT2D eigenvalue weighted by molar-refractivity contribution is 0.372. The van der Waals surface area contributed by atoms with Gasteiger partial charge in [-0.3, -0.25) is 0 Å². The Morgan fingerprint density at radius 2 is 1.37 bits per heavy atom. The van der Waals surface area contributed by atoms with Crippen LogP contribution in [0.5, 0.6) is 0 Å². The first-order valence-corrected chi connectivity index (χ1v) is 8.34. The number of allylic oxidation sites excluding steroid dienone is 2. The summed E-state index contributed by atoms with van der Waals surface area (Å²) in [4.78, 5) is 0. The third-order valence-corrected chi connectivity index (χ3v) is 3.72. The van der Waals surface area contributed by atoms with Gasteiger partial charge in [-0.05, 0) is 32.1 Å². The molecule has 1 aliphatic heterocycles. The molecule has 1 aliphatic rings. The van der Waals surface area contributed by atoms with Gasteiger partial charge < -0.3 is 4.74 Å². The standard InChI is InChI=1S/C18H32O/c1-3-5-7-8-9-10-11-12-14-16-18-17(19-18)15-13-6-4-2/h6,12-14,17-18H,3-5,7-11,15-16H2,1-2H3/b13-6-,14-12-/t17-,18-/m0/s1. The van der Waals surface area contributed by atoms with E-state index in [1.54, 1.807) is 0 Å². The smallest absolute Gasteiger partial charge is 0.0879 e. The summed E-state index contributed by atoms with van der Waals surface area (Å²) in [5.74, 6) is 0. The summed E-state index contributed by atoms with van der Waals surface area (Å²) >= 11 is 0. The molecular formula is C18H32O. The fraction of sp³-hybridized carbons (Fsp3) is 0.778. The van der Waals surface area contributed by atoms with Gasteiger partial charge in [-0.1, -0.05) is 70.3 Å². The van der Waals surface area contributed by atoms with Crippen LogP contribution in [-0.4, -0.2) is 12.2 Å². The van der Waals surface area contributed by atoms with Crippen LogP contribution in [0.4, 0.5) is 0 Å². The molecule has 0 unspecified atom stereocenters. The highest BCUT2D eigenvalue weighted by Gasteiger charge is 2.35. The molecule has 0 aromatic heterocycles. The van der Waals surface area contributed by atoms with E-state index in [0.717, 1.165) is 19.3 Å². The minimum absolute atomic E-state index is 0.501. The summed E-state index contributed by atoms with van der Waals surface area (Å²) in [5.41, 5.74) is 0. The Kier molecular flexibility index (Phi) is 9.79. The summed E-state index contributed by atoms with van der Waals surface area (Å²) in [6.45, 7) is 4.45. The largest absolute Gasteiger partial charge is 0.369 e. The molecule has 0 N–H and O–H groups in total. The predicted molar refractivity (Wildman–Crippen MR) is 84.5 cm³/mol. The van der Waals surface area contributed by atoms with Gasteiger partial charge in [0, 0.05) is 0 Å². The molecule has 1 heterocycles. The highest BCUT2D eigenvalue weighted by molar-refractivity contribution is 4.97. The van der Waals surface area contributed by atoms with Crippen LogP contribution in [-0.2, 0) is 4.74 Å². The molecule has 110 valence electrons. The molecule has 0 saturated carbocycles. The van der Waals surface area contributed by atoms with E-state index < -0.39 is 0 Å². The molecule has 0 radical (unpaired) electrons. The van der Waals surface area contributed by atoms with Gasteiger partial charge in [-0.15, -0.1) is 0 Å². The van der Waals surface area contributed by atoms with Crippen molar-refractivity contribution in [2.24, 2.45) is 0 Å². The van der Waals surface area contributed by atoms with E-state index >= 15 is 0 Å². The van der Waals surface area contributed by atoms with E-state index in [4.69, 9.17) is 4.74 Å². The molecule has 1 nitrogen and oxygen atoms in total. The lowest BCUT2D eigenvalue weighted by Gasteiger charge is -1.97. The maximum absolute atomic E-state index is 5.63.